The van der Waals surface area contributed by atoms with Crippen LogP contribution in [0.3, 0.4) is 0 Å². The van der Waals surface area contributed by atoms with E-state index in [1.54, 1.807) is 0 Å². The molecule has 140 valence electrons. The van der Waals surface area contributed by atoms with Gasteiger partial charge in [0.1, 0.15) is 18.3 Å². The number of ether oxygens (including phenoxy) is 2. The van der Waals surface area contributed by atoms with Gasteiger partial charge in [-0.05, 0) is 12.3 Å². The van der Waals surface area contributed by atoms with Crippen LogP contribution in [0.25, 0.3) is 0 Å². The first-order chi connectivity index (χ1) is 11.0. The lowest BCUT2D eigenvalue weighted by molar-refractivity contribution is -0.306. The molecule has 0 saturated carbocycles. The molecule has 1 unspecified atom stereocenters. The molecule has 1 saturated heterocycles. The van der Waals surface area contributed by atoms with E-state index >= 15 is 0 Å². The highest BCUT2D eigenvalue weighted by atomic mass is 16.7. The molecule has 0 bridgehead atoms. The largest absolute Gasteiger partial charge is 0.481 e. The minimum Gasteiger partial charge on any atom is -0.481 e. The second kappa shape index (κ2) is 8.70. The van der Waals surface area contributed by atoms with Gasteiger partial charge in [-0.25, -0.2) is 4.79 Å². The molecule has 0 aromatic heterocycles. The SMILES string of the molecule is CC(C)C[C@H](N)[C@H](CC(=O)O)OC1O[C@H](C(=O)O)[C@@H](O)[C@H](O)[C@H]1O. The number of carbonyl (C=O) groups is 2. The van der Waals surface area contributed by atoms with Crippen LogP contribution in [-0.4, -0.2) is 80.3 Å². The van der Waals surface area contributed by atoms with Crippen molar-refractivity contribution in [2.45, 2.75) is 69.5 Å². The molecule has 1 aliphatic rings. The summed E-state index contributed by atoms with van der Waals surface area (Å²) >= 11 is 0. The van der Waals surface area contributed by atoms with Crippen LogP contribution in [0.15, 0.2) is 0 Å². The lowest BCUT2D eigenvalue weighted by atomic mass is 9.96. The van der Waals surface area contributed by atoms with Gasteiger partial charge in [0, 0.05) is 6.04 Å². The Morgan fingerprint density at radius 1 is 1.12 bits per heavy atom. The number of aliphatic hydroxyl groups excluding tert-OH is 3. The third-order valence-electron chi connectivity index (χ3n) is 3.72. The minimum atomic E-state index is -1.85. The predicted molar refractivity (Wildman–Crippen MR) is 78.9 cm³/mol. The molecule has 1 heterocycles. The molecule has 0 aliphatic carbocycles. The van der Waals surface area contributed by atoms with Gasteiger partial charge in [0.25, 0.3) is 0 Å². The van der Waals surface area contributed by atoms with Gasteiger partial charge in [-0.3, -0.25) is 4.79 Å². The summed E-state index contributed by atoms with van der Waals surface area (Å²) in [6.45, 7) is 3.76. The zero-order chi connectivity index (χ0) is 18.6. The predicted octanol–water partition coefficient (Wildman–Crippen LogP) is -1.89. The van der Waals surface area contributed by atoms with E-state index in [0.717, 1.165) is 0 Å². The highest BCUT2D eigenvalue weighted by molar-refractivity contribution is 5.73. The number of hydrogen-bond acceptors (Lipinski definition) is 8. The number of rotatable bonds is 8. The van der Waals surface area contributed by atoms with Gasteiger partial charge < -0.3 is 40.7 Å². The molecule has 24 heavy (non-hydrogen) atoms. The van der Waals surface area contributed by atoms with E-state index in [9.17, 15) is 24.9 Å². The Labute approximate surface area is 138 Å². The van der Waals surface area contributed by atoms with E-state index in [2.05, 4.69) is 0 Å². The maximum Gasteiger partial charge on any atom is 0.335 e. The summed E-state index contributed by atoms with van der Waals surface area (Å²) in [5.74, 6) is -2.60. The summed E-state index contributed by atoms with van der Waals surface area (Å²) in [5.41, 5.74) is 5.93. The molecule has 0 aromatic rings. The van der Waals surface area contributed by atoms with Crippen molar-refractivity contribution in [1.29, 1.82) is 0 Å². The highest BCUT2D eigenvalue weighted by Gasteiger charge is 2.48. The van der Waals surface area contributed by atoms with Crippen LogP contribution in [0.4, 0.5) is 0 Å². The smallest absolute Gasteiger partial charge is 0.335 e. The Morgan fingerprint density at radius 3 is 2.17 bits per heavy atom. The molecule has 1 aliphatic heterocycles. The number of carboxylic acids is 2. The van der Waals surface area contributed by atoms with E-state index in [1.807, 2.05) is 13.8 Å². The molecule has 0 aromatic carbocycles. The van der Waals surface area contributed by atoms with E-state index < -0.39 is 61.2 Å². The van der Waals surface area contributed by atoms with Crippen LogP contribution >= 0.6 is 0 Å². The van der Waals surface area contributed by atoms with Crippen LogP contribution in [-0.2, 0) is 19.1 Å². The van der Waals surface area contributed by atoms with Crippen molar-refractivity contribution in [3.63, 3.8) is 0 Å². The number of aliphatic carboxylic acids is 2. The van der Waals surface area contributed by atoms with Crippen molar-refractivity contribution in [2.75, 3.05) is 0 Å². The molecule has 1 rings (SSSR count). The maximum atomic E-state index is 11.1. The van der Waals surface area contributed by atoms with Crippen molar-refractivity contribution < 1.29 is 44.6 Å². The average molecular weight is 351 g/mol. The number of hydrogen-bond donors (Lipinski definition) is 6. The van der Waals surface area contributed by atoms with Gasteiger partial charge in [0.05, 0.1) is 12.5 Å². The number of nitrogens with two attached hydrogens (primary N) is 1. The molecular formula is C14H25NO9. The summed E-state index contributed by atoms with van der Waals surface area (Å²) < 4.78 is 10.3. The van der Waals surface area contributed by atoms with Gasteiger partial charge >= 0.3 is 11.9 Å². The Morgan fingerprint density at radius 2 is 1.71 bits per heavy atom. The van der Waals surface area contributed by atoms with Crippen LogP contribution in [0, 0.1) is 5.92 Å². The van der Waals surface area contributed by atoms with Crippen LogP contribution in [0.1, 0.15) is 26.7 Å². The second-order valence-corrected chi connectivity index (χ2v) is 6.30. The first-order valence-electron chi connectivity index (χ1n) is 7.59. The Balaban J connectivity index is 2.89. The molecule has 7 atom stereocenters. The summed E-state index contributed by atoms with van der Waals surface area (Å²) in [5, 5.41) is 47.2. The summed E-state index contributed by atoms with van der Waals surface area (Å²) in [6, 6.07) is -0.704. The zero-order valence-electron chi connectivity index (χ0n) is 13.5. The van der Waals surface area contributed by atoms with Gasteiger partial charge in [0.15, 0.2) is 12.4 Å². The van der Waals surface area contributed by atoms with Crippen molar-refractivity contribution in [3.05, 3.63) is 0 Å². The molecule has 10 nitrogen and oxygen atoms in total. The molecule has 10 heteroatoms. The normalized spacial score (nSPS) is 33.2. The van der Waals surface area contributed by atoms with E-state index in [-0.39, 0.29) is 5.92 Å². The maximum absolute atomic E-state index is 11.1. The third kappa shape index (κ3) is 5.36. The quantitative estimate of drug-likeness (QED) is 0.289. The molecular weight excluding hydrogens is 326 g/mol. The van der Waals surface area contributed by atoms with Crippen LogP contribution < -0.4 is 5.73 Å². The van der Waals surface area contributed by atoms with Crippen LogP contribution in [0.5, 0.6) is 0 Å². The van der Waals surface area contributed by atoms with Gasteiger partial charge in [-0.15, -0.1) is 0 Å². The van der Waals surface area contributed by atoms with Gasteiger partial charge in [0.2, 0.25) is 0 Å². The first kappa shape index (κ1) is 20.7. The summed E-state index contributed by atoms with van der Waals surface area (Å²) in [4.78, 5) is 22.0. The molecule has 1 fully saturated rings. The van der Waals surface area contributed by atoms with Crippen molar-refractivity contribution in [2.24, 2.45) is 11.7 Å². The average Bonchev–Trinajstić information content (AvgIpc) is 2.45. The zero-order valence-corrected chi connectivity index (χ0v) is 13.5. The Bertz CT molecular complexity index is 444. The fraction of sp³-hybridized carbons (Fsp3) is 0.857. The Kier molecular flexibility index (Phi) is 7.52. The third-order valence-corrected chi connectivity index (χ3v) is 3.72. The first-order valence-corrected chi connectivity index (χ1v) is 7.59. The van der Waals surface area contributed by atoms with E-state index in [1.165, 1.54) is 0 Å². The monoisotopic (exact) mass is 351 g/mol. The summed E-state index contributed by atoms with van der Waals surface area (Å²) in [6.07, 6.45) is -10.0. The molecule has 7 N–H and O–H groups in total. The fourth-order valence-corrected chi connectivity index (χ4v) is 2.51. The molecule has 0 radical (unpaired) electrons. The van der Waals surface area contributed by atoms with Crippen molar-refractivity contribution >= 4 is 11.9 Å². The van der Waals surface area contributed by atoms with Gasteiger partial charge in [-0.2, -0.15) is 0 Å². The molecule has 0 amide bonds. The van der Waals surface area contributed by atoms with Crippen molar-refractivity contribution in [3.8, 4) is 0 Å². The lowest BCUT2D eigenvalue weighted by Crippen LogP contribution is -2.61. The topological polar surface area (TPSA) is 180 Å². The number of carboxylic acid groups (broad SMARTS) is 2. The highest BCUT2D eigenvalue weighted by Crippen LogP contribution is 2.25. The van der Waals surface area contributed by atoms with E-state index in [0.29, 0.717) is 6.42 Å². The second-order valence-electron chi connectivity index (χ2n) is 6.30. The fourth-order valence-electron chi connectivity index (χ4n) is 2.51. The van der Waals surface area contributed by atoms with Crippen LogP contribution in [0.2, 0.25) is 0 Å². The number of aliphatic hydroxyl groups is 3. The van der Waals surface area contributed by atoms with Gasteiger partial charge in [-0.1, -0.05) is 13.8 Å². The van der Waals surface area contributed by atoms with E-state index in [4.69, 9.17) is 25.4 Å². The summed E-state index contributed by atoms with van der Waals surface area (Å²) in [7, 11) is 0. The molecule has 0 spiro atoms. The standard InChI is InChI=1S/C14H25NO9/c1-5(2)3-6(15)7(4-8(16)17)23-14-11(20)9(18)10(19)12(24-14)13(21)22/h5-7,9-12,14,18-20H,3-4,15H2,1-2H3,(H,16,17)(H,21,22)/t6-,7-,9-,10-,11+,12-,14?/m0/s1. The Hall–Kier alpha value is -1.30. The lowest BCUT2D eigenvalue weighted by Gasteiger charge is -2.40. The minimum absolute atomic E-state index is 0.149. The van der Waals surface area contributed by atoms with Crippen molar-refractivity contribution in [1.82, 2.24) is 0 Å².